The highest BCUT2D eigenvalue weighted by molar-refractivity contribution is 8.00. The van der Waals surface area contributed by atoms with Gasteiger partial charge in [-0.25, -0.2) is 0 Å². The number of benzene rings is 1. The van der Waals surface area contributed by atoms with Gasteiger partial charge in [-0.3, -0.25) is 9.59 Å². The van der Waals surface area contributed by atoms with Crippen LogP contribution in [0.15, 0.2) is 29.2 Å². The first kappa shape index (κ1) is 17.8. The van der Waals surface area contributed by atoms with Crippen LogP contribution in [-0.4, -0.2) is 48.1 Å². The Morgan fingerprint density at radius 2 is 2.09 bits per heavy atom. The first-order chi connectivity index (χ1) is 11.1. The summed E-state index contributed by atoms with van der Waals surface area (Å²) in [5, 5.41) is 5.46. The number of carbonyl (C=O) groups is 2. The lowest BCUT2D eigenvalue weighted by Crippen LogP contribution is -2.36. The van der Waals surface area contributed by atoms with E-state index in [1.165, 1.54) is 11.8 Å². The molecule has 1 aliphatic heterocycles. The van der Waals surface area contributed by atoms with Crippen molar-refractivity contribution in [1.29, 1.82) is 0 Å². The van der Waals surface area contributed by atoms with E-state index < -0.39 is 0 Å². The maximum Gasteiger partial charge on any atom is 0.234 e. The summed E-state index contributed by atoms with van der Waals surface area (Å²) in [6.45, 7) is 7.96. The third-order valence-corrected chi connectivity index (χ3v) is 5.21. The third-order valence-electron chi connectivity index (χ3n) is 3.94. The molecule has 0 spiro atoms. The molecule has 0 aromatic heterocycles. The summed E-state index contributed by atoms with van der Waals surface area (Å²) in [4.78, 5) is 27.6. The van der Waals surface area contributed by atoms with Crippen LogP contribution in [-0.2, 0) is 9.59 Å². The SMILES string of the molecule is CCN(CC)CCCNC(=O)C1CC(=O)Nc2ccccc2S1. The van der Waals surface area contributed by atoms with Crippen molar-refractivity contribution in [2.75, 3.05) is 31.5 Å². The largest absolute Gasteiger partial charge is 0.355 e. The standard InChI is InChI=1S/C17H25N3O2S/c1-3-20(4-2)11-7-10-18-17(22)15-12-16(21)19-13-8-5-6-9-14(13)23-15/h5-6,8-9,15H,3-4,7,10-12H2,1-2H3,(H,18,22)(H,19,21). The number of anilines is 1. The minimum Gasteiger partial charge on any atom is -0.355 e. The lowest BCUT2D eigenvalue weighted by Gasteiger charge is -2.18. The second kappa shape index (κ2) is 8.93. The number of carbonyl (C=O) groups excluding carboxylic acids is 2. The van der Waals surface area contributed by atoms with E-state index >= 15 is 0 Å². The van der Waals surface area contributed by atoms with Crippen LogP contribution in [0.5, 0.6) is 0 Å². The summed E-state index contributed by atoms with van der Waals surface area (Å²) >= 11 is 1.46. The van der Waals surface area contributed by atoms with Gasteiger partial charge < -0.3 is 15.5 Å². The lowest BCUT2D eigenvalue weighted by atomic mass is 10.2. The molecule has 1 unspecified atom stereocenters. The summed E-state index contributed by atoms with van der Waals surface area (Å²) in [7, 11) is 0. The molecule has 1 aromatic rings. The molecule has 2 rings (SSSR count). The molecule has 0 radical (unpaired) electrons. The Balaban J connectivity index is 1.86. The minimum absolute atomic E-state index is 0.0543. The number of thioether (sulfide) groups is 1. The fourth-order valence-electron chi connectivity index (χ4n) is 2.55. The average molecular weight is 335 g/mol. The number of hydrogen-bond donors (Lipinski definition) is 2. The zero-order valence-corrected chi connectivity index (χ0v) is 14.6. The van der Waals surface area contributed by atoms with Gasteiger partial charge in [0.2, 0.25) is 11.8 Å². The quantitative estimate of drug-likeness (QED) is 0.751. The predicted molar refractivity (Wildman–Crippen MR) is 94.7 cm³/mol. The summed E-state index contributed by atoms with van der Waals surface area (Å²) in [6.07, 6.45) is 1.13. The van der Waals surface area contributed by atoms with Crippen LogP contribution < -0.4 is 10.6 Å². The Bertz CT molecular complexity index is 546. The van der Waals surface area contributed by atoms with Gasteiger partial charge in [-0.2, -0.15) is 0 Å². The Morgan fingerprint density at radius 1 is 1.35 bits per heavy atom. The van der Waals surface area contributed by atoms with E-state index in [9.17, 15) is 9.59 Å². The van der Waals surface area contributed by atoms with E-state index in [1.807, 2.05) is 24.3 Å². The third kappa shape index (κ3) is 5.25. The fraction of sp³-hybridized carbons (Fsp3) is 0.529. The van der Waals surface area contributed by atoms with E-state index in [0.717, 1.165) is 36.6 Å². The van der Waals surface area contributed by atoms with Crippen LogP contribution in [0.2, 0.25) is 0 Å². The van der Waals surface area contributed by atoms with Crippen molar-refractivity contribution in [3.05, 3.63) is 24.3 Å². The van der Waals surface area contributed by atoms with Gasteiger partial charge in [0.05, 0.1) is 10.9 Å². The summed E-state index contributed by atoms with van der Waals surface area (Å²) < 4.78 is 0. The van der Waals surface area contributed by atoms with Crippen molar-refractivity contribution in [1.82, 2.24) is 10.2 Å². The Hall–Kier alpha value is -1.53. The van der Waals surface area contributed by atoms with E-state index in [0.29, 0.717) is 6.54 Å². The molecule has 1 aromatic carbocycles. The van der Waals surface area contributed by atoms with Crippen LogP contribution >= 0.6 is 11.8 Å². The van der Waals surface area contributed by atoms with Crippen molar-refractivity contribution >= 4 is 29.3 Å². The van der Waals surface area contributed by atoms with Crippen LogP contribution in [0.3, 0.4) is 0 Å². The van der Waals surface area contributed by atoms with Gasteiger partial charge in [0.1, 0.15) is 0 Å². The van der Waals surface area contributed by atoms with Crippen LogP contribution in [0.25, 0.3) is 0 Å². The van der Waals surface area contributed by atoms with Gasteiger partial charge in [0, 0.05) is 17.9 Å². The monoisotopic (exact) mass is 335 g/mol. The highest BCUT2D eigenvalue weighted by Gasteiger charge is 2.27. The van der Waals surface area contributed by atoms with Crippen molar-refractivity contribution in [2.45, 2.75) is 36.8 Å². The molecule has 0 fully saturated rings. The molecule has 2 N–H and O–H groups in total. The van der Waals surface area contributed by atoms with E-state index in [4.69, 9.17) is 0 Å². The van der Waals surface area contributed by atoms with Crippen molar-refractivity contribution < 1.29 is 9.59 Å². The molecular formula is C17H25N3O2S. The highest BCUT2D eigenvalue weighted by Crippen LogP contribution is 2.34. The number of fused-ring (bicyclic) bond motifs is 1. The number of hydrogen-bond acceptors (Lipinski definition) is 4. The topological polar surface area (TPSA) is 61.4 Å². The maximum atomic E-state index is 12.4. The van der Waals surface area contributed by atoms with Gasteiger partial charge in [-0.05, 0) is 38.2 Å². The van der Waals surface area contributed by atoms with Gasteiger partial charge in [0.25, 0.3) is 0 Å². The molecule has 0 saturated heterocycles. The average Bonchev–Trinajstić information content (AvgIpc) is 2.72. The molecule has 1 heterocycles. The first-order valence-electron chi connectivity index (χ1n) is 8.19. The number of amides is 2. The van der Waals surface area contributed by atoms with Gasteiger partial charge >= 0.3 is 0 Å². The summed E-state index contributed by atoms with van der Waals surface area (Å²) in [5.74, 6) is -0.160. The van der Waals surface area contributed by atoms with Crippen molar-refractivity contribution in [3.8, 4) is 0 Å². The normalized spacial score (nSPS) is 17.3. The van der Waals surface area contributed by atoms with Gasteiger partial charge in [-0.15, -0.1) is 11.8 Å². The van der Waals surface area contributed by atoms with E-state index in [1.54, 1.807) is 0 Å². The molecule has 0 aliphatic carbocycles. The molecule has 1 aliphatic rings. The smallest absolute Gasteiger partial charge is 0.234 e. The Kier molecular flexibility index (Phi) is 6.92. The number of rotatable bonds is 7. The summed E-state index contributed by atoms with van der Waals surface area (Å²) in [6, 6.07) is 7.60. The molecule has 0 saturated carbocycles. The Labute approximate surface area is 142 Å². The van der Waals surface area contributed by atoms with Gasteiger partial charge in [-0.1, -0.05) is 26.0 Å². The number of nitrogens with zero attached hydrogens (tertiary/aromatic N) is 1. The van der Waals surface area contributed by atoms with Crippen molar-refractivity contribution in [2.24, 2.45) is 0 Å². The fourth-order valence-corrected chi connectivity index (χ4v) is 3.69. The number of para-hydroxylation sites is 1. The zero-order valence-electron chi connectivity index (χ0n) is 13.8. The molecule has 6 heteroatoms. The van der Waals surface area contributed by atoms with Crippen molar-refractivity contribution in [3.63, 3.8) is 0 Å². The molecule has 126 valence electrons. The molecule has 1 atom stereocenters. The predicted octanol–water partition coefficient (Wildman–Crippen LogP) is 2.34. The minimum atomic E-state index is -0.368. The van der Waals surface area contributed by atoms with Crippen LogP contribution in [0.4, 0.5) is 5.69 Å². The second-order valence-corrected chi connectivity index (χ2v) is 6.77. The lowest BCUT2D eigenvalue weighted by molar-refractivity contribution is -0.123. The highest BCUT2D eigenvalue weighted by atomic mass is 32.2. The number of nitrogens with one attached hydrogen (secondary N) is 2. The van der Waals surface area contributed by atoms with E-state index in [-0.39, 0.29) is 23.5 Å². The maximum absolute atomic E-state index is 12.4. The zero-order chi connectivity index (χ0) is 16.7. The van der Waals surface area contributed by atoms with E-state index in [2.05, 4.69) is 29.4 Å². The summed E-state index contributed by atoms with van der Waals surface area (Å²) in [5.41, 5.74) is 0.791. The first-order valence-corrected chi connectivity index (χ1v) is 9.07. The molecule has 2 amide bonds. The van der Waals surface area contributed by atoms with Crippen LogP contribution in [0.1, 0.15) is 26.7 Å². The molecular weight excluding hydrogens is 310 g/mol. The molecule has 5 nitrogen and oxygen atoms in total. The van der Waals surface area contributed by atoms with Crippen LogP contribution in [0, 0.1) is 0 Å². The van der Waals surface area contributed by atoms with Gasteiger partial charge in [0.15, 0.2) is 0 Å². The molecule has 23 heavy (non-hydrogen) atoms. The molecule has 0 bridgehead atoms. The second-order valence-electron chi connectivity index (χ2n) is 5.53. The Morgan fingerprint density at radius 3 is 2.83 bits per heavy atom.